The zero-order chi connectivity index (χ0) is 14.5. The summed E-state index contributed by atoms with van der Waals surface area (Å²) < 4.78 is 2.05. The second kappa shape index (κ2) is 6.68. The van der Waals surface area contributed by atoms with E-state index in [1.807, 2.05) is 19.4 Å². The van der Waals surface area contributed by atoms with Gasteiger partial charge in [-0.2, -0.15) is 0 Å². The van der Waals surface area contributed by atoms with Crippen molar-refractivity contribution in [1.82, 2.24) is 15.0 Å². The fraction of sp³-hybridized carbons (Fsp3) is 0.438. The topological polar surface area (TPSA) is 55.9 Å². The molecule has 0 saturated heterocycles. The lowest BCUT2D eigenvalue weighted by molar-refractivity contribution is 0.506. The Bertz CT molecular complexity index is 528. The standard InChI is InChI=1S/C16H24N4/c1-12(2)13-4-6-14(7-5-13)15(19-17)8-9-16-18-10-11-20(16)3/h4-7,10-12,15,19H,8-9,17H2,1-3H3. The summed E-state index contributed by atoms with van der Waals surface area (Å²) in [6, 6.07) is 8.86. The molecule has 2 aromatic rings. The Balaban J connectivity index is 2.02. The number of aryl methyl sites for hydroxylation is 2. The minimum Gasteiger partial charge on any atom is -0.338 e. The lowest BCUT2D eigenvalue weighted by Gasteiger charge is -2.17. The number of hydrogen-bond acceptors (Lipinski definition) is 3. The minimum absolute atomic E-state index is 0.160. The fourth-order valence-corrected chi connectivity index (χ4v) is 2.37. The van der Waals surface area contributed by atoms with Crippen molar-refractivity contribution in [2.75, 3.05) is 0 Å². The van der Waals surface area contributed by atoms with Crippen LogP contribution in [0.2, 0.25) is 0 Å². The van der Waals surface area contributed by atoms with Crippen molar-refractivity contribution < 1.29 is 0 Å². The van der Waals surface area contributed by atoms with Crippen LogP contribution in [0.3, 0.4) is 0 Å². The Labute approximate surface area is 121 Å². The van der Waals surface area contributed by atoms with Gasteiger partial charge in [-0.3, -0.25) is 11.3 Å². The number of rotatable bonds is 6. The van der Waals surface area contributed by atoms with E-state index in [-0.39, 0.29) is 6.04 Å². The number of aromatic nitrogens is 2. The van der Waals surface area contributed by atoms with Gasteiger partial charge in [0.2, 0.25) is 0 Å². The maximum Gasteiger partial charge on any atom is 0.108 e. The van der Waals surface area contributed by atoms with Crippen molar-refractivity contribution in [1.29, 1.82) is 0 Å². The van der Waals surface area contributed by atoms with E-state index in [0.29, 0.717) is 5.92 Å². The zero-order valence-corrected chi connectivity index (χ0v) is 12.5. The lowest BCUT2D eigenvalue weighted by atomic mass is 9.97. The predicted molar refractivity (Wildman–Crippen MR) is 82.1 cm³/mol. The Kier molecular flexibility index (Phi) is 4.93. The summed E-state index contributed by atoms with van der Waals surface area (Å²) in [4.78, 5) is 4.35. The highest BCUT2D eigenvalue weighted by Gasteiger charge is 2.11. The Morgan fingerprint density at radius 2 is 1.85 bits per heavy atom. The third-order valence-electron chi connectivity index (χ3n) is 3.78. The third kappa shape index (κ3) is 3.46. The van der Waals surface area contributed by atoms with Crippen LogP contribution in [0.15, 0.2) is 36.7 Å². The van der Waals surface area contributed by atoms with Crippen LogP contribution in [0, 0.1) is 0 Å². The van der Waals surface area contributed by atoms with Crippen molar-refractivity contribution in [2.24, 2.45) is 12.9 Å². The van der Waals surface area contributed by atoms with Gasteiger partial charge < -0.3 is 4.57 Å². The van der Waals surface area contributed by atoms with E-state index >= 15 is 0 Å². The van der Waals surface area contributed by atoms with Crippen LogP contribution in [0.1, 0.15) is 49.2 Å². The number of nitrogens with one attached hydrogen (secondary N) is 1. The summed E-state index contributed by atoms with van der Waals surface area (Å²) in [5.74, 6) is 7.35. The molecule has 20 heavy (non-hydrogen) atoms. The van der Waals surface area contributed by atoms with Crippen LogP contribution in [0.4, 0.5) is 0 Å². The van der Waals surface area contributed by atoms with Gasteiger partial charge >= 0.3 is 0 Å². The summed E-state index contributed by atoms with van der Waals surface area (Å²) in [5.41, 5.74) is 5.49. The molecular formula is C16H24N4. The lowest BCUT2D eigenvalue weighted by Crippen LogP contribution is -2.28. The van der Waals surface area contributed by atoms with E-state index in [0.717, 1.165) is 18.7 Å². The van der Waals surface area contributed by atoms with Crippen molar-refractivity contribution in [2.45, 2.75) is 38.6 Å². The van der Waals surface area contributed by atoms with Crippen LogP contribution in [-0.4, -0.2) is 9.55 Å². The number of imidazole rings is 1. The molecule has 1 atom stereocenters. The van der Waals surface area contributed by atoms with Gasteiger partial charge in [-0.15, -0.1) is 0 Å². The summed E-state index contributed by atoms with van der Waals surface area (Å²) in [6.45, 7) is 4.41. The maximum atomic E-state index is 5.70. The van der Waals surface area contributed by atoms with Crippen molar-refractivity contribution in [3.8, 4) is 0 Å². The Morgan fingerprint density at radius 3 is 2.35 bits per heavy atom. The van der Waals surface area contributed by atoms with Crippen LogP contribution in [0.25, 0.3) is 0 Å². The first-order valence-corrected chi connectivity index (χ1v) is 7.14. The van der Waals surface area contributed by atoms with Crippen molar-refractivity contribution in [3.63, 3.8) is 0 Å². The molecule has 1 aromatic carbocycles. The van der Waals surface area contributed by atoms with E-state index in [2.05, 4.69) is 53.1 Å². The number of nitrogens with zero attached hydrogens (tertiary/aromatic N) is 2. The first-order valence-electron chi connectivity index (χ1n) is 7.14. The molecule has 0 aliphatic heterocycles. The highest BCUT2D eigenvalue weighted by molar-refractivity contribution is 5.26. The molecule has 0 aliphatic carbocycles. The van der Waals surface area contributed by atoms with Gasteiger partial charge in [-0.1, -0.05) is 38.1 Å². The van der Waals surface area contributed by atoms with Gasteiger partial charge in [-0.25, -0.2) is 4.98 Å². The highest BCUT2D eigenvalue weighted by atomic mass is 15.2. The van der Waals surface area contributed by atoms with Gasteiger partial charge in [0.15, 0.2) is 0 Å². The van der Waals surface area contributed by atoms with Gasteiger partial charge in [0, 0.05) is 31.9 Å². The van der Waals surface area contributed by atoms with E-state index < -0.39 is 0 Å². The van der Waals surface area contributed by atoms with E-state index in [1.165, 1.54) is 11.1 Å². The number of benzene rings is 1. The summed E-state index contributed by atoms with van der Waals surface area (Å²) in [6.07, 6.45) is 5.64. The summed E-state index contributed by atoms with van der Waals surface area (Å²) in [5, 5.41) is 0. The first-order chi connectivity index (χ1) is 9.61. The van der Waals surface area contributed by atoms with Crippen LogP contribution < -0.4 is 11.3 Å². The zero-order valence-electron chi connectivity index (χ0n) is 12.5. The van der Waals surface area contributed by atoms with Gasteiger partial charge in [0.25, 0.3) is 0 Å². The molecule has 3 N–H and O–H groups in total. The van der Waals surface area contributed by atoms with Gasteiger partial charge in [0.1, 0.15) is 5.82 Å². The second-order valence-corrected chi connectivity index (χ2v) is 5.53. The summed E-state index contributed by atoms with van der Waals surface area (Å²) in [7, 11) is 2.02. The normalized spacial score (nSPS) is 12.8. The van der Waals surface area contributed by atoms with Crippen LogP contribution >= 0.6 is 0 Å². The van der Waals surface area contributed by atoms with Crippen LogP contribution in [-0.2, 0) is 13.5 Å². The van der Waals surface area contributed by atoms with E-state index in [9.17, 15) is 0 Å². The molecular weight excluding hydrogens is 248 g/mol. The molecule has 0 spiro atoms. The number of hydrogen-bond donors (Lipinski definition) is 2. The molecule has 0 aliphatic rings. The van der Waals surface area contributed by atoms with Crippen molar-refractivity contribution >= 4 is 0 Å². The smallest absolute Gasteiger partial charge is 0.108 e. The van der Waals surface area contributed by atoms with Gasteiger partial charge in [0.05, 0.1) is 0 Å². The Morgan fingerprint density at radius 1 is 1.20 bits per heavy atom. The molecule has 108 valence electrons. The Hall–Kier alpha value is -1.65. The average molecular weight is 272 g/mol. The number of hydrazine groups is 1. The highest BCUT2D eigenvalue weighted by Crippen LogP contribution is 2.21. The maximum absolute atomic E-state index is 5.70. The van der Waals surface area contributed by atoms with E-state index in [4.69, 9.17) is 5.84 Å². The molecule has 0 fully saturated rings. The molecule has 0 amide bonds. The monoisotopic (exact) mass is 272 g/mol. The minimum atomic E-state index is 0.160. The number of nitrogens with two attached hydrogens (primary N) is 1. The van der Waals surface area contributed by atoms with Crippen LogP contribution in [0.5, 0.6) is 0 Å². The SMILES string of the molecule is CC(C)c1ccc(C(CCc2nccn2C)NN)cc1. The molecule has 4 nitrogen and oxygen atoms in total. The first kappa shape index (κ1) is 14.8. The predicted octanol–water partition coefficient (Wildman–Crippen LogP) is 2.68. The third-order valence-corrected chi connectivity index (χ3v) is 3.78. The molecule has 0 radical (unpaired) electrons. The summed E-state index contributed by atoms with van der Waals surface area (Å²) >= 11 is 0. The quantitative estimate of drug-likeness (QED) is 0.628. The van der Waals surface area contributed by atoms with Crippen molar-refractivity contribution in [3.05, 3.63) is 53.6 Å². The fourth-order valence-electron chi connectivity index (χ4n) is 2.37. The van der Waals surface area contributed by atoms with Gasteiger partial charge in [-0.05, 0) is 23.5 Å². The molecule has 2 rings (SSSR count). The second-order valence-electron chi connectivity index (χ2n) is 5.53. The largest absolute Gasteiger partial charge is 0.338 e. The molecule has 0 saturated carbocycles. The molecule has 1 heterocycles. The molecule has 1 aromatic heterocycles. The van der Waals surface area contributed by atoms with E-state index in [1.54, 1.807) is 0 Å². The average Bonchev–Trinajstić information content (AvgIpc) is 2.85. The molecule has 0 bridgehead atoms. The molecule has 1 unspecified atom stereocenters. The molecule has 4 heteroatoms.